The lowest BCUT2D eigenvalue weighted by Gasteiger charge is -2.09. The topological polar surface area (TPSA) is 43.1 Å². The summed E-state index contributed by atoms with van der Waals surface area (Å²) in [5, 5.41) is 0.186. The van der Waals surface area contributed by atoms with Crippen LogP contribution in [0.1, 0.15) is 15.2 Å². The molecule has 100 valence electrons. The van der Waals surface area contributed by atoms with Gasteiger partial charge in [-0.15, -0.1) is 11.3 Å². The summed E-state index contributed by atoms with van der Waals surface area (Å²) in [5.41, 5.74) is 4.54. The normalized spacial score (nSPS) is 11.6. The molecule has 0 radical (unpaired) electrons. The molecule has 7 heteroatoms. The largest absolute Gasteiger partial charge is 0.416 e. The van der Waals surface area contributed by atoms with Crippen molar-refractivity contribution in [3.63, 3.8) is 0 Å². The molecule has 0 saturated heterocycles. The highest BCUT2D eigenvalue weighted by atomic mass is 35.5. The Morgan fingerprint density at radius 1 is 1.21 bits per heavy atom. The van der Waals surface area contributed by atoms with Gasteiger partial charge in [0.25, 0.3) is 5.91 Å². The Hall–Kier alpha value is -1.53. The summed E-state index contributed by atoms with van der Waals surface area (Å²) < 4.78 is 37.9. The molecule has 0 saturated carbocycles. The summed E-state index contributed by atoms with van der Waals surface area (Å²) in [4.78, 5) is 11.7. The van der Waals surface area contributed by atoms with E-state index in [-0.39, 0.29) is 15.5 Å². The van der Waals surface area contributed by atoms with E-state index in [1.807, 2.05) is 0 Å². The third kappa shape index (κ3) is 2.90. The van der Waals surface area contributed by atoms with Gasteiger partial charge in [-0.05, 0) is 30.3 Å². The summed E-state index contributed by atoms with van der Waals surface area (Å²) in [6, 6.07) is 6.03. The molecular formula is C12H7ClF3NOS. The smallest absolute Gasteiger partial charge is 0.365 e. The van der Waals surface area contributed by atoms with E-state index >= 15 is 0 Å². The number of halogens is 4. The fourth-order valence-electron chi connectivity index (χ4n) is 1.51. The van der Waals surface area contributed by atoms with E-state index in [1.165, 1.54) is 18.2 Å². The van der Waals surface area contributed by atoms with Crippen molar-refractivity contribution in [1.29, 1.82) is 0 Å². The van der Waals surface area contributed by atoms with Crippen LogP contribution in [0, 0.1) is 0 Å². The zero-order chi connectivity index (χ0) is 14.2. The molecule has 1 heterocycles. The summed E-state index contributed by atoms with van der Waals surface area (Å²) in [7, 11) is 0. The van der Waals surface area contributed by atoms with E-state index < -0.39 is 17.6 Å². The van der Waals surface area contributed by atoms with Gasteiger partial charge in [0.1, 0.15) is 0 Å². The molecule has 0 aliphatic carbocycles. The standard InChI is InChI=1S/C12H7ClF3NOS/c13-8-2-1-6(12(14,15)16)5-7(8)9-3-4-10(19-9)11(17)18/h1-5H,(H2,17,18). The Labute approximate surface area is 115 Å². The van der Waals surface area contributed by atoms with Crippen LogP contribution >= 0.6 is 22.9 Å². The van der Waals surface area contributed by atoms with Gasteiger partial charge in [-0.1, -0.05) is 11.6 Å². The average Bonchev–Trinajstić information content (AvgIpc) is 2.77. The van der Waals surface area contributed by atoms with Crippen molar-refractivity contribution in [3.05, 3.63) is 45.8 Å². The van der Waals surface area contributed by atoms with Crippen molar-refractivity contribution < 1.29 is 18.0 Å². The second kappa shape index (κ2) is 4.86. The predicted molar refractivity (Wildman–Crippen MR) is 68.3 cm³/mol. The van der Waals surface area contributed by atoms with Gasteiger partial charge in [0.2, 0.25) is 0 Å². The van der Waals surface area contributed by atoms with Crippen LogP contribution < -0.4 is 5.73 Å². The van der Waals surface area contributed by atoms with Gasteiger partial charge in [-0.25, -0.2) is 0 Å². The van der Waals surface area contributed by atoms with E-state index in [0.29, 0.717) is 4.88 Å². The molecule has 0 spiro atoms. The summed E-state index contributed by atoms with van der Waals surface area (Å²) >= 11 is 6.89. The molecule has 19 heavy (non-hydrogen) atoms. The molecule has 0 fully saturated rings. The average molecular weight is 306 g/mol. The number of nitrogens with two attached hydrogens (primary N) is 1. The van der Waals surface area contributed by atoms with Crippen molar-refractivity contribution in [2.45, 2.75) is 6.18 Å². The number of benzene rings is 1. The van der Waals surface area contributed by atoms with Gasteiger partial charge in [-0.2, -0.15) is 13.2 Å². The minimum absolute atomic E-state index is 0.186. The Morgan fingerprint density at radius 2 is 1.89 bits per heavy atom. The molecule has 1 aromatic carbocycles. The highest BCUT2D eigenvalue weighted by Gasteiger charge is 2.31. The quantitative estimate of drug-likeness (QED) is 0.888. The highest BCUT2D eigenvalue weighted by molar-refractivity contribution is 7.17. The number of thiophene rings is 1. The molecule has 0 aliphatic heterocycles. The van der Waals surface area contributed by atoms with E-state index in [0.717, 1.165) is 23.5 Å². The van der Waals surface area contributed by atoms with Crippen molar-refractivity contribution in [1.82, 2.24) is 0 Å². The second-order valence-corrected chi connectivity index (χ2v) is 5.21. The molecule has 2 N–H and O–H groups in total. The first-order valence-electron chi connectivity index (χ1n) is 5.06. The zero-order valence-electron chi connectivity index (χ0n) is 9.29. The number of carbonyl (C=O) groups is 1. The first-order chi connectivity index (χ1) is 8.79. The molecule has 0 atom stereocenters. The number of amides is 1. The number of hydrogen-bond acceptors (Lipinski definition) is 2. The Kier molecular flexibility index (Phi) is 3.56. The van der Waals surface area contributed by atoms with Crippen LogP contribution in [0.2, 0.25) is 5.02 Å². The van der Waals surface area contributed by atoms with Gasteiger partial charge in [0, 0.05) is 15.5 Å². The molecule has 2 aromatic rings. The van der Waals surface area contributed by atoms with Crippen molar-refractivity contribution in [2.75, 3.05) is 0 Å². The van der Waals surface area contributed by atoms with Crippen molar-refractivity contribution >= 4 is 28.8 Å². The Morgan fingerprint density at radius 3 is 2.42 bits per heavy atom. The number of hydrogen-bond donors (Lipinski definition) is 1. The highest BCUT2D eigenvalue weighted by Crippen LogP contribution is 2.38. The van der Waals surface area contributed by atoms with Crippen LogP contribution in [0.3, 0.4) is 0 Å². The van der Waals surface area contributed by atoms with E-state index in [1.54, 1.807) is 0 Å². The van der Waals surface area contributed by atoms with Crippen LogP contribution in [0.25, 0.3) is 10.4 Å². The monoisotopic (exact) mass is 305 g/mol. The third-order valence-electron chi connectivity index (χ3n) is 2.41. The van der Waals surface area contributed by atoms with Crippen LogP contribution in [0.5, 0.6) is 0 Å². The SMILES string of the molecule is NC(=O)c1ccc(-c2cc(C(F)(F)F)ccc2Cl)s1. The molecule has 2 nitrogen and oxygen atoms in total. The first-order valence-corrected chi connectivity index (χ1v) is 6.25. The molecular weight excluding hydrogens is 299 g/mol. The van der Waals surface area contributed by atoms with Crippen LogP contribution in [-0.4, -0.2) is 5.91 Å². The molecule has 1 aromatic heterocycles. The van der Waals surface area contributed by atoms with Gasteiger partial charge in [-0.3, -0.25) is 4.79 Å². The summed E-state index contributed by atoms with van der Waals surface area (Å²) in [5.74, 6) is -0.626. The van der Waals surface area contributed by atoms with Gasteiger partial charge in [0.05, 0.1) is 10.4 Å². The predicted octanol–water partition coefficient (Wildman–Crippen LogP) is 4.19. The first kappa shape index (κ1) is 13.9. The molecule has 1 amide bonds. The van der Waals surface area contributed by atoms with E-state index in [4.69, 9.17) is 17.3 Å². The fraction of sp³-hybridized carbons (Fsp3) is 0.0833. The molecule has 0 bridgehead atoms. The third-order valence-corrected chi connectivity index (χ3v) is 3.87. The number of rotatable bonds is 2. The van der Waals surface area contributed by atoms with E-state index in [9.17, 15) is 18.0 Å². The Balaban J connectivity index is 2.51. The summed E-state index contributed by atoms with van der Waals surface area (Å²) in [6.45, 7) is 0. The van der Waals surface area contributed by atoms with Crippen LogP contribution in [0.15, 0.2) is 30.3 Å². The number of alkyl halides is 3. The van der Waals surface area contributed by atoms with Crippen molar-refractivity contribution in [2.24, 2.45) is 5.73 Å². The Bertz CT molecular complexity index is 636. The molecule has 2 rings (SSSR count). The number of primary amides is 1. The lowest BCUT2D eigenvalue weighted by Crippen LogP contribution is -2.08. The molecule has 0 aliphatic rings. The lowest BCUT2D eigenvalue weighted by molar-refractivity contribution is -0.137. The minimum Gasteiger partial charge on any atom is -0.365 e. The molecule has 0 unspecified atom stereocenters. The number of carbonyl (C=O) groups excluding carboxylic acids is 1. The van der Waals surface area contributed by atoms with Crippen molar-refractivity contribution in [3.8, 4) is 10.4 Å². The van der Waals surface area contributed by atoms with Gasteiger partial charge in [0.15, 0.2) is 0 Å². The fourth-order valence-corrected chi connectivity index (χ4v) is 2.67. The van der Waals surface area contributed by atoms with E-state index in [2.05, 4.69) is 0 Å². The van der Waals surface area contributed by atoms with Crippen LogP contribution in [-0.2, 0) is 6.18 Å². The maximum absolute atomic E-state index is 12.6. The maximum Gasteiger partial charge on any atom is 0.416 e. The zero-order valence-corrected chi connectivity index (χ0v) is 10.9. The van der Waals surface area contributed by atoms with Crippen LogP contribution in [0.4, 0.5) is 13.2 Å². The summed E-state index contributed by atoms with van der Waals surface area (Å²) in [6.07, 6.45) is -4.44. The lowest BCUT2D eigenvalue weighted by atomic mass is 10.1. The maximum atomic E-state index is 12.6. The van der Waals surface area contributed by atoms with Gasteiger partial charge >= 0.3 is 6.18 Å². The van der Waals surface area contributed by atoms with Gasteiger partial charge < -0.3 is 5.73 Å². The second-order valence-electron chi connectivity index (χ2n) is 3.72. The minimum atomic E-state index is -4.44.